The maximum Gasteiger partial charge on any atom is 0.262 e. The van der Waals surface area contributed by atoms with Gasteiger partial charge in [0.25, 0.3) is 15.9 Å². The third-order valence-corrected chi connectivity index (χ3v) is 6.86. The molecular weight excluding hydrogens is 372 g/mol. The summed E-state index contributed by atoms with van der Waals surface area (Å²) in [7, 11) is -2.50. The lowest BCUT2D eigenvalue weighted by Gasteiger charge is -2.24. The second-order valence-corrected chi connectivity index (χ2v) is 8.95. The van der Waals surface area contributed by atoms with Crippen molar-refractivity contribution in [1.29, 1.82) is 0 Å². The number of hydrogen-bond donors (Lipinski definition) is 2. The van der Waals surface area contributed by atoms with E-state index in [1.807, 2.05) is 16.3 Å². The molecule has 0 aliphatic heterocycles. The van der Waals surface area contributed by atoms with Crippen molar-refractivity contribution in [3.63, 3.8) is 0 Å². The molecule has 0 radical (unpaired) electrons. The first-order valence-corrected chi connectivity index (χ1v) is 10.9. The molecule has 2 N–H and O–H groups in total. The van der Waals surface area contributed by atoms with Crippen molar-refractivity contribution in [3.8, 4) is 0 Å². The number of hydrogen-bond acceptors (Lipinski definition) is 5. The highest BCUT2D eigenvalue weighted by molar-refractivity contribution is 7.89. The minimum atomic E-state index is -3.73. The zero-order valence-corrected chi connectivity index (χ0v) is 16.1. The van der Waals surface area contributed by atoms with Gasteiger partial charge in [0.05, 0.1) is 18.0 Å². The summed E-state index contributed by atoms with van der Waals surface area (Å²) in [6.07, 6.45) is 4.62. The van der Waals surface area contributed by atoms with Crippen molar-refractivity contribution in [2.24, 2.45) is 5.92 Å². The van der Waals surface area contributed by atoms with E-state index in [1.165, 1.54) is 44.2 Å². The molecule has 0 spiro atoms. The third-order valence-electron chi connectivity index (χ3n) is 4.63. The summed E-state index contributed by atoms with van der Waals surface area (Å²) >= 11 is 1.65. The second-order valence-electron chi connectivity index (χ2n) is 6.33. The van der Waals surface area contributed by atoms with Crippen LogP contribution in [0.15, 0.2) is 46.7 Å². The van der Waals surface area contributed by atoms with Crippen LogP contribution in [-0.2, 0) is 14.9 Å². The Morgan fingerprint density at radius 3 is 2.46 bits per heavy atom. The fourth-order valence-electron chi connectivity index (χ4n) is 3.35. The van der Waals surface area contributed by atoms with E-state index in [-0.39, 0.29) is 16.8 Å². The van der Waals surface area contributed by atoms with Crippen LogP contribution in [0.3, 0.4) is 0 Å². The fourth-order valence-corrected chi connectivity index (χ4v) is 5.03. The first-order valence-electron chi connectivity index (χ1n) is 8.50. The summed E-state index contributed by atoms with van der Waals surface area (Å²) in [5.41, 5.74) is 0.431. The highest BCUT2D eigenvalue weighted by Crippen LogP contribution is 2.37. The van der Waals surface area contributed by atoms with Gasteiger partial charge in [-0.05, 0) is 54.5 Å². The average Bonchev–Trinajstić information content (AvgIpc) is 3.33. The van der Waals surface area contributed by atoms with Gasteiger partial charge in [0.2, 0.25) is 0 Å². The number of sulfonamides is 1. The topological polar surface area (TPSA) is 84.5 Å². The highest BCUT2D eigenvalue weighted by Gasteiger charge is 2.28. The van der Waals surface area contributed by atoms with Gasteiger partial charge in [-0.25, -0.2) is 8.42 Å². The largest absolute Gasteiger partial charge is 0.344 e. The van der Waals surface area contributed by atoms with Gasteiger partial charge in [-0.2, -0.15) is 0 Å². The predicted octanol–water partition coefficient (Wildman–Crippen LogP) is 3.25. The summed E-state index contributed by atoms with van der Waals surface area (Å²) in [5.74, 6) is 0.252. The normalized spacial score (nSPS) is 16.5. The first kappa shape index (κ1) is 19.0. The van der Waals surface area contributed by atoms with Crippen LogP contribution in [0, 0.1) is 5.92 Å². The van der Waals surface area contributed by atoms with Crippen LogP contribution in [0.1, 0.15) is 47.0 Å². The molecule has 1 atom stereocenters. The summed E-state index contributed by atoms with van der Waals surface area (Å²) in [4.78, 5) is 20.3. The number of carbonyl (C=O) groups is 1. The number of carbonyl (C=O) groups excluding carboxylic acids is 1. The number of amides is 1. The Morgan fingerprint density at radius 2 is 1.88 bits per heavy atom. The van der Waals surface area contributed by atoms with Crippen molar-refractivity contribution < 1.29 is 18.0 Å². The van der Waals surface area contributed by atoms with Crippen LogP contribution in [0.4, 0.5) is 0 Å². The van der Waals surface area contributed by atoms with Gasteiger partial charge in [-0.3, -0.25) is 9.63 Å². The Kier molecular flexibility index (Phi) is 6.08. The van der Waals surface area contributed by atoms with E-state index in [0.717, 1.165) is 17.7 Å². The van der Waals surface area contributed by atoms with E-state index in [0.29, 0.717) is 11.5 Å². The summed E-state index contributed by atoms with van der Waals surface area (Å²) < 4.78 is 23.8. The van der Waals surface area contributed by atoms with Gasteiger partial charge >= 0.3 is 0 Å². The Labute approximate surface area is 157 Å². The molecule has 1 aliphatic rings. The lowest BCUT2D eigenvalue weighted by atomic mass is 9.96. The molecule has 1 fully saturated rings. The molecule has 1 amide bonds. The number of benzene rings is 1. The minimum Gasteiger partial charge on any atom is -0.344 e. The molecule has 3 rings (SSSR count). The quantitative estimate of drug-likeness (QED) is 0.706. The second kappa shape index (κ2) is 8.30. The van der Waals surface area contributed by atoms with Crippen LogP contribution < -0.4 is 10.2 Å². The predicted molar refractivity (Wildman–Crippen MR) is 100 cm³/mol. The van der Waals surface area contributed by atoms with E-state index in [2.05, 4.69) is 16.2 Å². The Balaban J connectivity index is 1.75. The molecule has 1 aliphatic carbocycles. The minimum absolute atomic E-state index is 0.00330. The van der Waals surface area contributed by atoms with Gasteiger partial charge in [0, 0.05) is 10.4 Å². The molecule has 0 saturated heterocycles. The van der Waals surface area contributed by atoms with Crippen molar-refractivity contribution in [2.75, 3.05) is 7.11 Å². The highest BCUT2D eigenvalue weighted by atomic mass is 32.2. The molecule has 140 valence electrons. The third kappa shape index (κ3) is 4.32. The van der Waals surface area contributed by atoms with E-state index < -0.39 is 10.0 Å². The van der Waals surface area contributed by atoms with Crippen LogP contribution in [0.5, 0.6) is 0 Å². The molecule has 1 saturated carbocycles. The van der Waals surface area contributed by atoms with Crippen LogP contribution in [0.25, 0.3) is 0 Å². The van der Waals surface area contributed by atoms with Crippen molar-refractivity contribution >= 4 is 27.3 Å². The van der Waals surface area contributed by atoms with Crippen LogP contribution in [-0.4, -0.2) is 21.4 Å². The lowest BCUT2D eigenvalue weighted by molar-refractivity contribution is 0.0922. The molecule has 0 bridgehead atoms. The molecule has 0 unspecified atom stereocenters. The van der Waals surface area contributed by atoms with Crippen molar-refractivity contribution in [2.45, 2.75) is 36.6 Å². The zero-order chi connectivity index (χ0) is 18.6. The SMILES string of the molecule is CONS(=O)(=O)c1ccc(C(=O)N[C@@H](c2cccs2)C2CCCC2)cc1. The van der Waals surface area contributed by atoms with E-state index in [1.54, 1.807) is 11.3 Å². The number of rotatable bonds is 7. The molecule has 8 heteroatoms. The first-order chi connectivity index (χ1) is 12.5. The smallest absolute Gasteiger partial charge is 0.262 e. The van der Waals surface area contributed by atoms with Gasteiger partial charge in [-0.15, -0.1) is 11.3 Å². The fraction of sp³-hybridized carbons (Fsp3) is 0.389. The maximum absolute atomic E-state index is 12.7. The van der Waals surface area contributed by atoms with E-state index >= 15 is 0 Å². The Bertz CT molecular complexity index is 827. The summed E-state index contributed by atoms with van der Waals surface area (Å²) in [5, 5.41) is 5.16. The molecule has 1 heterocycles. The van der Waals surface area contributed by atoms with E-state index in [9.17, 15) is 13.2 Å². The van der Waals surface area contributed by atoms with Gasteiger partial charge < -0.3 is 5.32 Å². The molecular formula is C18H22N2O4S2. The van der Waals surface area contributed by atoms with Crippen LogP contribution >= 0.6 is 11.3 Å². The van der Waals surface area contributed by atoms with Crippen molar-refractivity contribution in [3.05, 3.63) is 52.2 Å². The average molecular weight is 395 g/mol. The zero-order valence-electron chi connectivity index (χ0n) is 14.5. The molecule has 26 heavy (non-hydrogen) atoms. The van der Waals surface area contributed by atoms with Gasteiger partial charge in [0.1, 0.15) is 0 Å². The summed E-state index contributed by atoms with van der Waals surface area (Å²) in [6, 6.07) is 9.87. The van der Waals surface area contributed by atoms with E-state index in [4.69, 9.17) is 0 Å². The number of nitrogens with one attached hydrogen (secondary N) is 2. The molecule has 2 aromatic rings. The molecule has 1 aromatic heterocycles. The van der Waals surface area contributed by atoms with Gasteiger partial charge in [0.15, 0.2) is 0 Å². The van der Waals surface area contributed by atoms with Crippen molar-refractivity contribution in [1.82, 2.24) is 10.2 Å². The van der Waals surface area contributed by atoms with Gasteiger partial charge in [-0.1, -0.05) is 23.8 Å². The maximum atomic E-state index is 12.7. The Morgan fingerprint density at radius 1 is 1.19 bits per heavy atom. The standard InChI is InChI=1S/C18H22N2O4S2/c1-24-20-26(22,23)15-10-8-14(9-11-15)18(21)19-17(13-5-2-3-6-13)16-7-4-12-25-16/h4,7-13,17,20H,2-3,5-6H2,1H3,(H,19,21)/t17-/m1/s1. The Hall–Kier alpha value is -1.74. The monoisotopic (exact) mass is 394 g/mol. The number of thiophene rings is 1. The molecule has 6 nitrogen and oxygen atoms in total. The van der Waals surface area contributed by atoms with Crippen LogP contribution in [0.2, 0.25) is 0 Å². The summed E-state index contributed by atoms with van der Waals surface area (Å²) in [6.45, 7) is 0. The lowest BCUT2D eigenvalue weighted by Crippen LogP contribution is -2.32. The molecule has 1 aromatic carbocycles.